The lowest BCUT2D eigenvalue weighted by molar-refractivity contribution is -0.137. The van der Waals surface area contributed by atoms with Crippen molar-refractivity contribution in [2.45, 2.75) is 33.0 Å². The van der Waals surface area contributed by atoms with Gasteiger partial charge in [0.25, 0.3) is 0 Å². The molecule has 1 aromatic rings. The monoisotopic (exact) mass is 406 g/mol. The van der Waals surface area contributed by atoms with Gasteiger partial charge < -0.3 is 5.32 Å². The highest BCUT2D eigenvalue weighted by Gasteiger charge is 2.36. The van der Waals surface area contributed by atoms with Crippen LogP contribution >= 0.6 is 36.4 Å². The standard InChI is InChI=1S/C16H22ClF3N2.2ClH/c1-15(2,3)14(22-6-4-21-5-7-22)11-8-12(16(18,19)20)10-13(17)9-11;;/h8-10,14,21H,4-7H2,1-3H3;2*1H/t14-;;/m0../s1. The summed E-state index contributed by atoms with van der Waals surface area (Å²) in [7, 11) is 0. The number of nitrogens with zero attached hydrogens (tertiary/aromatic N) is 1. The first kappa shape index (κ1) is 23.8. The normalized spacial score (nSPS) is 17.6. The van der Waals surface area contributed by atoms with Gasteiger partial charge in [0.2, 0.25) is 0 Å². The van der Waals surface area contributed by atoms with E-state index >= 15 is 0 Å². The molecule has 0 aliphatic carbocycles. The van der Waals surface area contributed by atoms with Crippen molar-refractivity contribution in [2.75, 3.05) is 26.2 Å². The van der Waals surface area contributed by atoms with Crippen LogP contribution in [0, 0.1) is 5.41 Å². The summed E-state index contributed by atoms with van der Waals surface area (Å²) in [6.07, 6.45) is -4.38. The van der Waals surface area contributed by atoms with Crippen LogP contribution in [-0.4, -0.2) is 31.1 Å². The van der Waals surface area contributed by atoms with E-state index in [2.05, 4.69) is 10.2 Å². The molecule has 0 saturated carbocycles. The van der Waals surface area contributed by atoms with Crippen LogP contribution in [0.4, 0.5) is 13.2 Å². The van der Waals surface area contributed by atoms with E-state index in [9.17, 15) is 13.2 Å². The first-order valence-corrected chi connectivity index (χ1v) is 7.79. The Bertz CT molecular complexity index is 524. The zero-order valence-electron chi connectivity index (χ0n) is 13.9. The molecule has 0 bridgehead atoms. The molecule has 0 aromatic heterocycles. The molecule has 1 fully saturated rings. The Morgan fingerprint density at radius 3 is 2.04 bits per heavy atom. The number of alkyl halides is 3. The third kappa shape index (κ3) is 5.95. The molecule has 0 unspecified atom stereocenters. The van der Waals surface area contributed by atoms with E-state index in [0.717, 1.165) is 32.2 Å². The van der Waals surface area contributed by atoms with Crippen LogP contribution in [0.3, 0.4) is 0 Å². The lowest BCUT2D eigenvalue weighted by Gasteiger charge is -2.42. The molecule has 1 saturated heterocycles. The van der Waals surface area contributed by atoms with Crippen LogP contribution in [0.2, 0.25) is 5.02 Å². The lowest BCUT2D eigenvalue weighted by Crippen LogP contribution is -2.48. The molecule has 1 atom stereocenters. The number of piperazine rings is 1. The van der Waals surface area contributed by atoms with Crippen LogP contribution in [0.15, 0.2) is 18.2 Å². The van der Waals surface area contributed by atoms with Crippen molar-refractivity contribution < 1.29 is 13.2 Å². The van der Waals surface area contributed by atoms with Crippen molar-refractivity contribution in [3.05, 3.63) is 34.3 Å². The first-order valence-electron chi connectivity index (χ1n) is 7.41. The van der Waals surface area contributed by atoms with Crippen molar-refractivity contribution in [1.82, 2.24) is 10.2 Å². The van der Waals surface area contributed by atoms with E-state index in [1.807, 2.05) is 20.8 Å². The van der Waals surface area contributed by atoms with Crippen LogP contribution in [0.5, 0.6) is 0 Å². The smallest absolute Gasteiger partial charge is 0.314 e. The molecule has 0 amide bonds. The predicted molar refractivity (Wildman–Crippen MR) is 97.6 cm³/mol. The number of benzene rings is 1. The molecular formula is C16H24Cl3F3N2. The summed E-state index contributed by atoms with van der Waals surface area (Å²) in [5.41, 5.74) is -0.237. The van der Waals surface area contributed by atoms with Crippen molar-refractivity contribution in [1.29, 1.82) is 0 Å². The van der Waals surface area contributed by atoms with E-state index in [0.29, 0.717) is 5.56 Å². The van der Waals surface area contributed by atoms with Gasteiger partial charge in [-0.1, -0.05) is 32.4 Å². The summed E-state index contributed by atoms with van der Waals surface area (Å²) < 4.78 is 39.2. The van der Waals surface area contributed by atoms with Gasteiger partial charge in [-0.15, -0.1) is 24.8 Å². The fourth-order valence-electron chi connectivity index (χ4n) is 3.13. The second kappa shape index (κ2) is 8.95. The molecular weight excluding hydrogens is 384 g/mol. The van der Waals surface area contributed by atoms with Gasteiger partial charge in [0.15, 0.2) is 0 Å². The third-order valence-corrected chi connectivity index (χ3v) is 4.12. The zero-order valence-corrected chi connectivity index (χ0v) is 16.3. The Kier molecular flexibility index (Phi) is 8.87. The minimum absolute atomic E-state index is 0. The van der Waals surface area contributed by atoms with Gasteiger partial charge in [-0.25, -0.2) is 0 Å². The van der Waals surface area contributed by atoms with Gasteiger partial charge in [0.1, 0.15) is 0 Å². The van der Waals surface area contributed by atoms with Gasteiger partial charge in [0.05, 0.1) is 5.56 Å². The van der Waals surface area contributed by atoms with Gasteiger partial charge in [-0.05, 0) is 29.2 Å². The first-order chi connectivity index (χ1) is 10.1. The fourth-order valence-corrected chi connectivity index (χ4v) is 3.38. The van der Waals surface area contributed by atoms with Crippen molar-refractivity contribution in [3.8, 4) is 0 Å². The third-order valence-electron chi connectivity index (χ3n) is 3.90. The molecule has 140 valence electrons. The zero-order chi connectivity index (χ0) is 16.5. The highest BCUT2D eigenvalue weighted by Crippen LogP contribution is 2.41. The van der Waals surface area contributed by atoms with Crippen molar-refractivity contribution in [2.24, 2.45) is 5.41 Å². The molecule has 1 heterocycles. The number of hydrogen-bond acceptors (Lipinski definition) is 2. The van der Waals surface area contributed by atoms with Crippen molar-refractivity contribution in [3.63, 3.8) is 0 Å². The van der Waals surface area contributed by atoms with Crippen LogP contribution in [-0.2, 0) is 6.18 Å². The summed E-state index contributed by atoms with van der Waals surface area (Å²) in [5, 5.41) is 3.41. The highest BCUT2D eigenvalue weighted by molar-refractivity contribution is 6.30. The molecule has 2 nitrogen and oxygen atoms in total. The maximum absolute atomic E-state index is 13.1. The molecule has 0 spiro atoms. The molecule has 1 aliphatic heterocycles. The number of halogens is 6. The molecule has 1 N–H and O–H groups in total. The molecule has 1 aromatic carbocycles. The number of rotatable bonds is 2. The average Bonchev–Trinajstić information content (AvgIpc) is 2.36. The number of nitrogens with one attached hydrogen (secondary N) is 1. The second-order valence-corrected chi connectivity index (χ2v) is 7.26. The molecule has 2 rings (SSSR count). The minimum atomic E-state index is -4.38. The second-order valence-electron chi connectivity index (χ2n) is 6.83. The van der Waals surface area contributed by atoms with E-state index in [4.69, 9.17) is 11.6 Å². The minimum Gasteiger partial charge on any atom is -0.314 e. The quantitative estimate of drug-likeness (QED) is 0.725. The fraction of sp³-hybridized carbons (Fsp3) is 0.625. The van der Waals surface area contributed by atoms with Crippen LogP contribution < -0.4 is 5.32 Å². The van der Waals surface area contributed by atoms with Crippen LogP contribution in [0.1, 0.15) is 37.9 Å². The van der Waals surface area contributed by atoms with Gasteiger partial charge in [-0.2, -0.15) is 13.2 Å². The summed E-state index contributed by atoms with van der Waals surface area (Å²) in [6, 6.07) is 3.79. The maximum atomic E-state index is 13.1. The predicted octanol–water partition coefficient (Wildman–Crippen LogP) is 5.19. The number of hydrogen-bond donors (Lipinski definition) is 1. The van der Waals surface area contributed by atoms with E-state index < -0.39 is 11.7 Å². The summed E-state index contributed by atoms with van der Waals surface area (Å²) in [6.45, 7) is 9.47. The summed E-state index contributed by atoms with van der Waals surface area (Å²) in [4.78, 5) is 2.24. The molecule has 24 heavy (non-hydrogen) atoms. The molecule has 0 radical (unpaired) electrons. The van der Waals surface area contributed by atoms with Crippen molar-refractivity contribution >= 4 is 36.4 Å². The largest absolute Gasteiger partial charge is 0.416 e. The van der Waals surface area contributed by atoms with E-state index in [1.54, 1.807) is 6.07 Å². The molecule has 8 heteroatoms. The average molecular weight is 408 g/mol. The summed E-state index contributed by atoms with van der Waals surface area (Å²) in [5.74, 6) is 0. The topological polar surface area (TPSA) is 15.3 Å². The Hall–Kier alpha value is -0.200. The van der Waals surface area contributed by atoms with Crippen LogP contribution in [0.25, 0.3) is 0 Å². The Morgan fingerprint density at radius 2 is 1.58 bits per heavy atom. The maximum Gasteiger partial charge on any atom is 0.416 e. The Balaban J connectivity index is 0.00000264. The van der Waals surface area contributed by atoms with E-state index in [1.165, 1.54) is 6.07 Å². The van der Waals surface area contributed by atoms with Gasteiger partial charge in [-0.3, -0.25) is 4.90 Å². The van der Waals surface area contributed by atoms with E-state index in [-0.39, 0.29) is 41.3 Å². The molecule has 1 aliphatic rings. The summed E-state index contributed by atoms with van der Waals surface area (Å²) >= 11 is 5.96. The van der Waals surface area contributed by atoms with Gasteiger partial charge >= 0.3 is 6.18 Å². The lowest BCUT2D eigenvalue weighted by atomic mass is 9.80. The SMILES string of the molecule is CC(C)(C)[C@H](c1cc(Cl)cc(C(F)(F)F)c1)N1CCNCC1.Cl.Cl. The Morgan fingerprint density at radius 1 is 1.04 bits per heavy atom. The van der Waals surface area contributed by atoms with Gasteiger partial charge in [0, 0.05) is 37.2 Å². The Labute approximate surface area is 158 Å². The highest BCUT2D eigenvalue weighted by atomic mass is 35.5.